The Morgan fingerprint density at radius 1 is 1.44 bits per heavy atom. The number of carbonyl (C=O) groups excluding carboxylic acids is 2. The van der Waals surface area contributed by atoms with Crippen LogP contribution in [0.25, 0.3) is 0 Å². The number of morpholine rings is 1. The van der Waals surface area contributed by atoms with E-state index in [0.717, 1.165) is 12.2 Å². The number of hydrogen-bond donors (Lipinski definition) is 2. The third kappa shape index (κ3) is 3.85. The van der Waals surface area contributed by atoms with E-state index < -0.39 is 17.9 Å². The van der Waals surface area contributed by atoms with Crippen molar-refractivity contribution in [3.63, 3.8) is 0 Å². The summed E-state index contributed by atoms with van der Waals surface area (Å²) in [5, 5.41) is 11.1. The highest BCUT2D eigenvalue weighted by molar-refractivity contribution is 5.96. The van der Waals surface area contributed by atoms with E-state index in [2.05, 4.69) is 5.32 Å². The number of ether oxygens (including phenoxy) is 1. The molecule has 0 aromatic heterocycles. The van der Waals surface area contributed by atoms with Gasteiger partial charge in [0.25, 0.3) is 0 Å². The Kier molecular flexibility index (Phi) is 5.31. The van der Waals surface area contributed by atoms with Crippen LogP contribution in [0.5, 0.6) is 0 Å². The summed E-state index contributed by atoms with van der Waals surface area (Å²) in [5.74, 6) is -2.00. The molecule has 0 aromatic carbocycles. The van der Waals surface area contributed by atoms with Gasteiger partial charge in [0.2, 0.25) is 11.8 Å². The first kappa shape index (κ1) is 14.2. The maximum Gasteiger partial charge on any atom is 0.328 e. The van der Waals surface area contributed by atoms with Gasteiger partial charge in [0.1, 0.15) is 6.04 Å². The Hall–Kier alpha value is -1.89. The molecule has 2 amide bonds. The van der Waals surface area contributed by atoms with Crippen molar-refractivity contribution >= 4 is 17.8 Å². The molecule has 1 atom stereocenters. The van der Waals surface area contributed by atoms with E-state index in [1.54, 1.807) is 6.92 Å². The summed E-state index contributed by atoms with van der Waals surface area (Å²) in [6, 6.07) is -0.704. The van der Waals surface area contributed by atoms with Crippen LogP contribution < -0.4 is 5.32 Å². The number of amides is 2. The Balaban J connectivity index is 2.72. The van der Waals surface area contributed by atoms with Crippen molar-refractivity contribution in [2.24, 2.45) is 0 Å². The van der Waals surface area contributed by atoms with Crippen molar-refractivity contribution in [1.29, 1.82) is 0 Å². The van der Waals surface area contributed by atoms with E-state index in [1.165, 1.54) is 4.90 Å². The molecule has 1 rings (SSSR count). The number of carboxylic acid groups (broad SMARTS) is 1. The average molecular weight is 256 g/mol. The van der Waals surface area contributed by atoms with Crippen molar-refractivity contribution in [1.82, 2.24) is 10.2 Å². The fourth-order valence-electron chi connectivity index (χ4n) is 1.62. The van der Waals surface area contributed by atoms with E-state index >= 15 is 0 Å². The number of carbonyl (C=O) groups is 3. The minimum atomic E-state index is -1.20. The number of aliphatic carboxylic acids is 1. The standard InChI is InChI=1S/C11H16N2O5/c1-2-12-11(17)8-7-18-6-5-13(8)9(14)3-4-10(15)16/h3-4,8H,2,5-7H2,1H3,(H,12,17)(H,15,16)/b4-3+. The van der Waals surface area contributed by atoms with E-state index in [4.69, 9.17) is 9.84 Å². The maximum atomic E-state index is 11.8. The molecule has 7 heteroatoms. The lowest BCUT2D eigenvalue weighted by Gasteiger charge is -2.33. The monoisotopic (exact) mass is 256 g/mol. The van der Waals surface area contributed by atoms with Gasteiger partial charge in [-0.3, -0.25) is 9.59 Å². The Morgan fingerprint density at radius 2 is 2.17 bits per heavy atom. The SMILES string of the molecule is CCNC(=O)C1COCCN1C(=O)/C=C/C(=O)O. The van der Waals surface area contributed by atoms with Crippen LogP contribution in [0.3, 0.4) is 0 Å². The molecule has 100 valence electrons. The lowest BCUT2D eigenvalue weighted by Crippen LogP contribution is -2.55. The molecule has 0 aliphatic carbocycles. The molecule has 1 saturated heterocycles. The molecule has 7 nitrogen and oxygen atoms in total. The van der Waals surface area contributed by atoms with E-state index in [0.29, 0.717) is 13.2 Å². The summed E-state index contributed by atoms with van der Waals surface area (Å²) in [4.78, 5) is 35.1. The zero-order valence-corrected chi connectivity index (χ0v) is 10.1. The fourth-order valence-corrected chi connectivity index (χ4v) is 1.62. The van der Waals surface area contributed by atoms with Gasteiger partial charge in [0, 0.05) is 25.2 Å². The Morgan fingerprint density at radius 3 is 2.78 bits per heavy atom. The molecule has 1 heterocycles. The zero-order chi connectivity index (χ0) is 13.5. The molecule has 0 aromatic rings. The number of likely N-dealkylation sites (N-methyl/N-ethyl adjacent to an activating group) is 1. The zero-order valence-electron chi connectivity index (χ0n) is 10.1. The van der Waals surface area contributed by atoms with Crippen LogP contribution in [-0.2, 0) is 19.1 Å². The van der Waals surface area contributed by atoms with Crippen LogP contribution in [0.2, 0.25) is 0 Å². The summed E-state index contributed by atoms with van der Waals surface area (Å²) in [6.07, 6.45) is 1.70. The Bertz CT molecular complexity index is 366. The van der Waals surface area contributed by atoms with Gasteiger partial charge in [-0.05, 0) is 6.92 Å². The number of rotatable bonds is 4. The van der Waals surface area contributed by atoms with Crippen LogP contribution in [0, 0.1) is 0 Å². The van der Waals surface area contributed by atoms with Crippen LogP contribution in [-0.4, -0.2) is 60.1 Å². The summed E-state index contributed by atoms with van der Waals surface area (Å²) in [5.41, 5.74) is 0. The quantitative estimate of drug-likeness (QED) is 0.628. The first-order valence-corrected chi connectivity index (χ1v) is 5.63. The maximum absolute atomic E-state index is 11.8. The van der Waals surface area contributed by atoms with Gasteiger partial charge in [0.05, 0.1) is 13.2 Å². The van der Waals surface area contributed by atoms with Crippen LogP contribution in [0.1, 0.15) is 6.92 Å². The molecule has 0 saturated carbocycles. The second-order valence-electron chi connectivity index (χ2n) is 3.69. The highest BCUT2D eigenvalue weighted by Crippen LogP contribution is 2.08. The van der Waals surface area contributed by atoms with E-state index in [-0.39, 0.29) is 19.1 Å². The Labute approximate surface area is 104 Å². The molecule has 1 aliphatic rings. The molecular formula is C11H16N2O5. The molecule has 2 N–H and O–H groups in total. The number of nitrogens with one attached hydrogen (secondary N) is 1. The lowest BCUT2D eigenvalue weighted by atomic mass is 10.2. The molecule has 1 unspecified atom stereocenters. The van der Waals surface area contributed by atoms with Crippen molar-refractivity contribution in [3.8, 4) is 0 Å². The van der Waals surface area contributed by atoms with Crippen molar-refractivity contribution < 1.29 is 24.2 Å². The number of carboxylic acids is 1. The highest BCUT2D eigenvalue weighted by atomic mass is 16.5. The first-order chi connectivity index (χ1) is 8.56. The minimum Gasteiger partial charge on any atom is -0.478 e. The molecular weight excluding hydrogens is 240 g/mol. The van der Waals surface area contributed by atoms with Crippen molar-refractivity contribution in [2.75, 3.05) is 26.3 Å². The summed E-state index contributed by atoms with van der Waals surface area (Å²) < 4.78 is 5.16. The van der Waals surface area contributed by atoms with Gasteiger partial charge in [0.15, 0.2) is 0 Å². The molecule has 0 bridgehead atoms. The third-order valence-electron chi connectivity index (χ3n) is 2.43. The van der Waals surface area contributed by atoms with E-state index in [1.807, 2.05) is 0 Å². The summed E-state index contributed by atoms with van der Waals surface area (Å²) >= 11 is 0. The highest BCUT2D eigenvalue weighted by Gasteiger charge is 2.31. The largest absolute Gasteiger partial charge is 0.478 e. The van der Waals surface area contributed by atoms with Gasteiger partial charge in [-0.2, -0.15) is 0 Å². The predicted molar refractivity (Wildman–Crippen MR) is 61.8 cm³/mol. The predicted octanol–water partition coefficient (Wildman–Crippen LogP) is -1.01. The van der Waals surface area contributed by atoms with Crippen molar-refractivity contribution in [3.05, 3.63) is 12.2 Å². The lowest BCUT2D eigenvalue weighted by molar-refractivity contribution is -0.145. The fraction of sp³-hybridized carbons (Fsp3) is 0.545. The molecule has 0 radical (unpaired) electrons. The second-order valence-corrected chi connectivity index (χ2v) is 3.69. The van der Waals surface area contributed by atoms with Crippen LogP contribution in [0.4, 0.5) is 0 Å². The number of hydrogen-bond acceptors (Lipinski definition) is 4. The normalized spacial score (nSPS) is 19.8. The first-order valence-electron chi connectivity index (χ1n) is 5.63. The smallest absolute Gasteiger partial charge is 0.328 e. The average Bonchev–Trinajstić information content (AvgIpc) is 2.36. The minimum absolute atomic E-state index is 0.123. The topological polar surface area (TPSA) is 95.9 Å². The summed E-state index contributed by atoms with van der Waals surface area (Å²) in [7, 11) is 0. The van der Waals surface area contributed by atoms with Crippen LogP contribution >= 0.6 is 0 Å². The van der Waals surface area contributed by atoms with Gasteiger partial charge >= 0.3 is 5.97 Å². The van der Waals surface area contributed by atoms with Gasteiger partial charge in [-0.15, -0.1) is 0 Å². The van der Waals surface area contributed by atoms with Gasteiger partial charge < -0.3 is 20.1 Å². The molecule has 0 spiro atoms. The van der Waals surface area contributed by atoms with E-state index in [9.17, 15) is 14.4 Å². The van der Waals surface area contributed by atoms with Crippen LogP contribution in [0.15, 0.2) is 12.2 Å². The van der Waals surface area contributed by atoms with Gasteiger partial charge in [-0.25, -0.2) is 4.79 Å². The summed E-state index contributed by atoms with van der Waals surface area (Å²) in [6.45, 7) is 2.96. The number of nitrogens with zero attached hydrogens (tertiary/aromatic N) is 1. The molecule has 1 fully saturated rings. The molecule has 1 aliphatic heterocycles. The van der Waals surface area contributed by atoms with Gasteiger partial charge in [-0.1, -0.05) is 0 Å². The third-order valence-corrected chi connectivity index (χ3v) is 2.43. The second kappa shape index (κ2) is 6.75. The molecule has 18 heavy (non-hydrogen) atoms. The van der Waals surface area contributed by atoms with Crippen molar-refractivity contribution in [2.45, 2.75) is 13.0 Å².